The molecule has 2 aliphatic rings. The Labute approximate surface area is 167 Å². The van der Waals surface area contributed by atoms with Crippen molar-refractivity contribution in [1.29, 1.82) is 0 Å². The zero-order valence-electron chi connectivity index (χ0n) is 16.9. The second-order valence-corrected chi connectivity index (χ2v) is 7.95. The highest BCUT2D eigenvalue weighted by atomic mass is 16.5. The zero-order valence-corrected chi connectivity index (χ0v) is 16.9. The van der Waals surface area contributed by atoms with Crippen molar-refractivity contribution >= 4 is 5.91 Å². The first-order valence-electron chi connectivity index (χ1n) is 10.3. The maximum absolute atomic E-state index is 12.0. The van der Waals surface area contributed by atoms with Gasteiger partial charge in [0.2, 0.25) is 5.91 Å². The first-order chi connectivity index (χ1) is 13.7. The molecular weight excluding hydrogens is 352 g/mol. The summed E-state index contributed by atoms with van der Waals surface area (Å²) in [5.74, 6) is 1.12. The molecule has 2 atom stereocenters. The molecule has 3 heterocycles. The SMILES string of the molecule is COc1ccc(CN2CCCC[C@@H]3[C@H]2CCN3C(C)=O)cc1Cn1cccn1. The van der Waals surface area contributed by atoms with Crippen LogP contribution in [0.25, 0.3) is 0 Å². The van der Waals surface area contributed by atoms with Crippen LogP contribution < -0.4 is 4.74 Å². The van der Waals surface area contributed by atoms with Crippen molar-refractivity contribution in [1.82, 2.24) is 19.6 Å². The summed E-state index contributed by atoms with van der Waals surface area (Å²) in [5, 5.41) is 4.33. The molecule has 0 N–H and O–H groups in total. The van der Waals surface area contributed by atoms with Crippen LogP contribution in [0.5, 0.6) is 5.75 Å². The van der Waals surface area contributed by atoms with Gasteiger partial charge in [-0.2, -0.15) is 5.10 Å². The minimum atomic E-state index is 0.223. The van der Waals surface area contributed by atoms with Crippen molar-refractivity contribution in [3.05, 3.63) is 47.8 Å². The molecule has 2 aromatic rings. The molecule has 0 radical (unpaired) electrons. The average molecular weight is 383 g/mol. The Kier molecular flexibility index (Phi) is 5.67. The summed E-state index contributed by atoms with van der Waals surface area (Å²) in [7, 11) is 1.72. The molecule has 0 aliphatic carbocycles. The van der Waals surface area contributed by atoms with Crippen LogP contribution in [0.2, 0.25) is 0 Å². The van der Waals surface area contributed by atoms with Gasteiger partial charge in [-0.25, -0.2) is 0 Å². The lowest BCUT2D eigenvalue weighted by molar-refractivity contribution is -0.130. The van der Waals surface area contributed by atoms with Crippen LogP contribution in [0.1, 0.15) is 43.7 Å². The van der Waals surface area contributed by atoms with Gasteiger partial charge in [-0.1, -0.05) is 12.5 Å². The number of methoxy groups -OCH3 is 1. The number of hydrogen-bond acceptors (Lipinski definition) is 4. The second kappa shape index (κ2) is 8.35. The lowest BCUT2D eigenvalue weighted by atomic mass is 10.0. The Morgan fingerprint density at radius 3 is 2.82 bits per heavy atom. The van der Waals surface area contributed by atoms with Crippen LogP contribution in [-0.2, 0) is 17.9 Å². The molecule has 1 amide bonds. The van der Waals surface area contributed by atoms with Crippen LogP contribution in [0, 0.1) is 0 Å². The quantitative estimate of drug-likeness (QED) is 0.798. The molecule has 1 aromatic carbocycles. The Balaban J connectivity index is 1.53. The third-order valence-corrected chi connectivity index (χ3v) is 6.20. The highest BCUT2D eigenvalue weighted by Gasteiger charge is 2.39. The van der Waals surface area contributed by atoms with Gasteiger partial charge in [-0.3, -0.25) is 14.4 Å². The van der Waals surface area contributed by atoms with E-state index in [9.17, 15) is 4.79 Å². The number of carbonyl (C=O) groups excluding carboxylic acids is 1. The number of carbonyl (C=O) groups is 1. The number of nitrogens with zero attached hydrogens (tertiary/aromatic N) is 4. The molecule has 6 heteroatoms. The lowest BCUT2D eigenvalue weighted by Gasteiger charge is -2.33. The first kappa shape index (κ1) is 19.0. The highest BCUT2D eigenvalue weighted by molar-refractivity contribution is 5.74. The van der Waals surface area contributed by atoms with Crippen molar-refractivity contribution in [2.75, 3.05) is 20.2 Å². The minimum Gasteiger partial charge on any atom is -0.496 e. The molecule has 1 aromatic heterocycles. The van der Waals surface area contributed by atoms with E-state index in [4.69, 9.17) is 4.74 Å². The molecule has 6 nitrogen and oxygen atoms in total. The standard InChI is InChI=1S/C22H30N4O2/c1-17(27)26-13-9-20-21(26)6-3-4-11-24(20)15-18-7-8-22(28-2)19(14-18)16-25-12-5-10-23-25/h5,7-8,10,12,14,20-21H,3-4,6,9,11,13,15-16H2,1-2H3/t20-,21-/m1/s1. The van der Waals surface area contributed by atoms with Crippen LogP contribution in [0.3, 0.4) is 0 Å². The van der Waals surface area contributed by atoms with E-state index in [0.29, 0.717) is 18.6 Å². The predicted octanol–water partition coefficient (Wildman–Crippen LogP) is 2.92. The molecule has 2 saturated heterocycles. The van der Waals surface area contributed by atoms with E-state index in [1.54, 1.807) is 20.2 Å². The molecular formula is C22H30N4O2. The topological polar surface area (TPSA) is 50.6 Å². The lowest BCUT2D eigenvalue weighted by Crippen LogP contribution is -2.44. The van der Waals surface area contributed by atoms with Crippen molar-refractivity contribution in [3.63, 3.8) is 0 Å². The van der Waals surface area contributed by atoms with Crippen LogP contribution in [-0.4, -0.2) is 57.8 Å². The van der Waals surface area contributed by atoms with Gasteiger partial charge in [0.1, 0.15) is 5.75 Å². The smallest absolute Gasteiger partial charge is 0.219 e. The monoisotopic (exact) mass is 382 g/mol. The number of aromatic nitrogens is 2. The van der Waals surface area contributed by atoms with Gasteiger partial charge in [0, 0.05) is 50.1 Å². The van der Waals surface area contributed by atoms with Gasteiger partial charge < -0.3 is 9.64 Å². The van der Waals surface area contributed by atoms with E-state index < -0.39 is 0 Å². The van der Waals surface area contributed by atoms with Crippen LogP contribution in [0.4, 0.5) is 0 Å². The number of benzene rings is 1. The van der Waals surface area contributed by atoms with E-state index in [2.05, 4.69) is 33.1 Å². The third kappa shape index (κ3) is 3.92. The zero-order chi connectivity index (χ0) is 19.5. The normalized spacial score (nSPS) is 22.7. The van der Waals surface area contributed by atoms with Crippen molar-refractivity contribution in [2.45, 2.75) is 57.8 Å². The Morgan fingerprint density at radius 2 is 2.07 bits per heavy atom. The van der Waals surface area contributed by atoms with Gasteiger partial charge in [0.15, 0.2) is 0 Å². The molecule has 0 bridgehead atoms. The number of likely N-dealkylation sites (tertiary alicyclic amines) is 2. The predicted molar refractivity (Wildman–Crippen MR) is 108 cm³/mol. The van der Waals surface area contributed by atoms with Crippen LogP contribution >= 0.6 is 0 Å². The number of rotatable bonds is 5. The largest absolute Gasteiger partial charge is 0.496 e. The highest BCUT2D eigenvalue weighted by Crippen LogP contribution is 2.32. The molecule has 0 saturated carbocycles. The van der Waals surface area contributed by atoms with Crippen molar-refractivity contribution < 1.29 is 9.53 Å². The summed E-state index contributed by atoms with van der Waals surface area (Å²) in [6.45, 7) is 5.33. The van der Waals surface area contributed by atoms with E-state index in [1.807, 2.05) is 16.9 Å². The summed E-state index contributed by atoms with van der Waals surface area (Å²) in [5.41, 5.74) is 2.44. The fourth-order valence-electron chi connectivity index (χ4n) is 4.89. The van der Waals surface area contributed by atoms with E-state index >= 15 is 0 Å². The minimum absolute atomic E-state index is 0.223. The van der Waals surface area contributed by atoms with E-state index in [-0.39, 0.29) is 5.91 Å². The molecule has 28 heavy (non-hydrogen) atoms. The van der Waals surface area contributed by atoms with Crippen molar-refractivity contribution in [2.24, 2.45) is 0 Å². The molecule has 0 spiro atoms. The fraction of sp³-hybridized carbons (Fsp3) is 0.545. The van der Waals surface area contributed by atoms with Gasteiger partial charge in [0.25, 0.3) is 0 Å². The molecule has 2 aliphatic heterocycles. The van der Waals surface area contributed by atoms with Gasteiger partial charge in [-0.05, 0) is 49.6 Å². The van der Waals surface area contributed by atoms with E-state index in [0.717, 1.165) is 43.8 Å². The maximum atomic E-state index is 12.0. The Hall–Kier alpha value is -2.34. The fourth-order valence-corrected chi connectivity index (χ4v) is 4.89. The van der Waals surface area contributed by atoms with Gasteiger partial charge >= 0.3 is 0 Å². The summed E-state index contributed by atoms with van der Waals surface area (Å²) in [4.78, 5) is 16.7. The van der Waals surface area contributed by atoms with Gasteiger partial charge in [0.05, 0.1) is 13.7 Å². The number of fused-ring (bicyclic) bond motifs is 1. The average Bonchev–Trinajstić information content (AvgIpc) is 3.30. The molecule has 4 rings (SSSR count). The van der Waals surface area contributed by atoms with Crippen molar-refractivity contribution in [3.8, 4) is 5.75 Å². The summed E-state index contributed by atoms with van der Waals surface area (Å²) in [6.07, 6.45) is 8.40. The maximum Gasteiger partial charge on any atom is 0.219 e. The number of ether oxygens (including phenoxy) is 1. The summed E-state index contributed by atoms with van der Waals surface area (Å²) in [6, 6.07) is 9.28. The Bertz CT molecular complexity index is 805. The Morgan fingerprint density at radius 1 is 1.18 bits per heavy atom. The summed E-state index contributed by atoms with van der Waals surface area (Å²) >= 11 is 0. The molecule has 2 fully saturated rings. The second-order valence-electron chi connectivity index (χ2n) is 7.95. The first-order valence-corrected chi connectivity index (χ1v) is 10.3. The summed E-state index contributed by atoms with van der Waals surface area (Å²) < 4.78 is 7.49. The van der Waals surface area contributed by atoms with Gasteiger partial charge in [-0.15, -0.1) is 0 Å². The molecule has 0 unspecified atom stereocenters. The third-order valence-electron chi connectivity index (χ3n) is 6.20. The number of amides is 1. The number of hydrogen-bond donors (Lipinski definition) is 0. The van der Waals surface area contributed by atoms with Crippen LogP contribution in [0.15, 0.2) is 36.7 Å². The van der Waals surface area contributed by atoms with E-state index in [1.165, 1.54) is 18.4 Å². The molecule has 150 valence electrons.